The van der Waals surface area contributed by atoms with E-state index in [9.17, 15) is 0 Å². The molecule has 0 bridgehead atoms. The molecule has 18 heavy (non-hydrogen) atoms. The van der Waals surface area contributed by atoms with Gasteiger partial charge < -0.3 is 8.85 Å². The van der Waals surface area contributed by atoms with Crippen LogP contribution in [0.3, 0.4) is 0 Å². The van der Waals surface area contributed by atoms with Crippen molar-refractivity contribution in [2.24, 2.45) is 11.3 Å². The maximum Gasteiger partial charge on any atom is 0.327 e. The molecule has 0 aromatic heterocycles. The van der Waals surface area contributed by atoms with Crippen molar-refractivity contribution in [3.63, 3.8) is 0 Å². The summed E-state index contributed by atoms with van der Waals surface area (Å²) in [4.78, 5) is 0. The molecule has 0 radical (unpaired) electrons. The molecule has 0 heterocycles. The first-order chi connectivity index (χ1) is 8.54. The minimum absolute atomic E-state index is 0.444. The molecule has 2 saturated carbocycles. The Morgan fingerprint density at radius 1 is 0.889 bits per heavy atom. The van der Waals surface area contributed by atoms with Gasteiger partial charge in [0.25, 0.3) is 0 Å². The molecule has 0 saturated heterocycles. The van der Waals surface area contributed by atoms with Gasteiger partial charge in [0.05, 0.1) is 0 Å². The first-order valence-corrected chi connectivity index (χ1v) is 9.12. The quantitative estimate of drug-likeness (QED) is 0.718. The summed E-state index contributed by atoms with van der Waals surface area (Å²) in [6, 6.07) is 0. The zero-order valence-electron chi connectivity index (χ0n) is 12.6. The monoisotopic (exact) mass is 270 g/mol. The van der Waals surface area contributed by atoms with Crippen molar-refractivity contribution in [1.29, 1.82) is 0 Å². The van der Waals surface area contributed by atoms with E-state index in [0.29, 0.717) is 10.5 Å². The zero-order chi connectivity index (χ0) is 13.2. The summed E-state index contributed by atoms with van der Waals surface area (Å²) in [7, 11) is 2.24. The molecule has 2 rings (SSSR count). The van der Waals surface area contributed by atoms with Gasteiger partial charge in [-0.1, -0.05) is 26.7 Å². The lowest BCUT2D eigenvalue weighted by molar-refractivity contribution is 0.126. The van der Waals surface area contributed by atoms with Crippen LogP contribution < -0.4 is 0 Å². The lowest BCUT2D eigenvalue weighted by Crippen LogP contribution is -2.42. The van der Waals surface area contributed by atoms with Gasteiger partial charge in [-0.15, -0.1) is 0 Å². The van der Waals surface area contributed by atoms with Crippen molar-refractivity contribution < 1.29 is 8.85 Å². The SMILES string of the molecule is CO[SiH](OC)C1(C2CCC(C)(C)CC2)CCCC1. The van der Waals surface area contributed by atoms with Crippen LogP contribution in [0.1, 0.15) is 65.2 Å². The van der Waals surface area contributed by atoms with Crippen LogP contribution in [0, 0.1) is 11.3 Å². The van der Waals surface area contributed by atoms with Gasteiger partial charge in [-0.2, -0.15) is 0 Å². The van der Waals surface area contributed by atoms with Crippen molar-refractivity contribution in [2.45, 2.75) is 70.3 Å². The van der Waals surface area contributed by atoms with Gasteiger partial charge in [0.15, 0.2) is 0 Å². The smallest absolute Gasteiger partial charge is 0.327 e. The molecule has 0 unspecified atom stereocenters. The van der Waals surface area contributed by atoms with Gasteiger partial charge in [0.2, 0.25) is 0 Å². The third kappa shape index (κ3) is 2.68. The molecule has 0 spiro atoms. The molecule has 0 amide bonds. The van der Waals surface area contributed by atoms with Crippen LogP contribution >= 0.6 is 0 Å². The summed E-state index contributed by atoms with van der Waals surface area (Å²) in [5.41, 5.74) is 0.563. The fourth-order valence-electron chi connectivity index (χ4n) is 4.41. The Bertz CT molecular complexity index is 258. The zero-order valence-corrected chi connectivity index (χ0v) is 13.8. The van der Waals surface area contributed by atoms with Crippen LogP contribution in [0.4, 0.5) is 0 Å². The van der Waals surface area contributed by atoms with Gasteiger partial charge in [-0.25, -0.2) is 0 Å². The lowest BCUT2D eigenvalue weighted by Gasteiger charge is -2.46. The van der Waals surface area contributed by atoms with Gasteiger partial charge in [0.1, 0.15) is 0 Å². The Hall–Kier alpha value is 0.137. The summed E-state index contributed by atoms with van der Waals surface area (Å²) in [5, 5.41) is 0.444. The molecule has 0 atom stereocenters. The lowest BCUT2D eigenvalue weighted by atomic mass is 9.69. The third-order valence-electron chi connectivity index (χ3n) is 5.58. The summed E-state index contributed by atoms with van der Waals surface area (Å²) in [6.45, 7) is 4.85. The summed E-state index contributed by atoms with van der Waals surface area (Å²) in [5.74, 6) is 0.865. The van der Waals surface area contributed by atoms with Crippen LogP contribution in [-0.4, -0.2) is 23.5 Å². The highest BCUT2D eigenvalue weighted by molar-refractivity contribution is 6.48. The second kappa shape index (κ2) is 5.64. The Balaban J connectivity index is 2.11. The first kappa shape index (κ1) is 14.5. The highest BCUT2D eigenvalue weighted by Crippen LogP contribution is 2.59. The van der Waals surface area contributed by atoms with Crippen molar-refractivity contribution in [3.05, 3.63) is 0 Å². The Morgan fingerprint density at radius 2 is 1.39 bits per heavy atom. The first-order valence-electron chi connectivity index (χ1n) is 7.60. The van der Waals surface area contributed by atoms with E-state index >= 15 is 0 Å². The van der Waals surface area contributed by atoms with E-state index in [4.69, 9.17) is 8.85 Å². The molecule has 2 aliphatic rings. The summed E-state index contributed by atoms with van der Waals surface area (Å²) >= 11 is 0. The Morgan fingerprint density at radius 3 is 1.83 bits per heavy atom. The van der Waals surface area contributed by atoms with E-state index in [-0.39, 0.29) is 0 Å². The van der Waals surface area contributed by atoms with E-state index < -0.39 is 9.28 Å². The minimum Gasteiger partial charge on any atom is -0.400 e. The molecular weight excluding hydrogens is 240 g/mol. The second-order valence-electron chi connectivity index (χ2n) is 7.18. The van der Waals surface area contributed by atoms with Crippen molar-refractivity contribution >= 4 is 9.28 Å². The fourth-order valence-corrected chi connectivity index (χ4v) is 7.14. The topological polar surface area (TPSA) is 18.5 Å². The van der Waals surface area contributed by atoms with E-state index in [1.54, 1.807) is 0 Å². The van der Waals surface area contributed by atoms with E-state index in [0.717, 1.165) is 5.92 Å². The van der Waals surface area contributed by atoms with Crippen LogP contribution in [0.5, 0.6) is 0 Å². The largest absolute Gasteiger partial charge is 0.400 e. The van der Waals surface area contributed by atoms with Crippen LogP contribution in [0.25, 0.3) is 0 Å². The Kier molecular flexibility index (Phi) is 4.55. The van der Waals surface area contributed by atoms with Crippen molar-refractivity contribution in [1.82, 2.24) is 0 Å². The van der Waals surface area contributed by atoms with Gasteiger partial charge in [0, 0.05) is 19.3 Å². The standard InChI is InChI=1S/C15H30O2Si/c1-14(2)11-7-13(8-12-14)15(9-5-6-10-15)18(16-3)17-4/h13,18H,5-12H2,1-4H3. The maximum atomic E-state index is 5.81. The molecule has 0 aliphatic heterocycles. The molecule has 0 aromatic carbocycles. The molecule has 0 N–H and O–H groups in total. The number of hydrogen-bond acceptors (Lipinski definition) is 2. The molecule has 2 fully saturated rings. The number of hydrogen-bond donors (Lipinski definition) is 0. The highest BCUT2D eigenvalue weighted by atomic mass is 28.3. The predicted octanol–water partition coefficient (Wildman–Crippen LogP) is 4.03. The molecule has 0 aromatic rings. The van der Waals surface area contributed by atoms with Gasteiger partial charge in [-0.3, -0.25) is 0 Å². The highest BCUT2D eigenvalue weighted by Gasteiger charge is 2.51. The minimum atomic E-state index is -1.50. The van der Waals surface area contributed by atoms with Crippen molar-refractivity contribution in [2.75, 3.05) is 14.2 Å². The fraction of sp³-hybridized carbons (Fsp3) is 1.00. The maximum absolute atomic E-state index is 5.81. The molecule has 106 valence electrons. The van der Waals surface area contributed by atoms with E-state index in [2.05, 4.69) is 13.8 Å². The molecule has 3 heteroatoms. The second-order valence-corrected chi connectivity index (χ2v) is 9.94. The van der Waals surface area contributed by atoms with Gasteiger partial charge >= 0.3 is 9.28 Å². The average molecular weight is 270 g/mol. The number of rotatable bonds is 4. The molecule has 2 aliphatic carbocycles. The normalized spacial score (nSPS) is 27.8. The third-order valence-corrected chi connectivity index (χ3v) is 8.43. The molecular formula is C15H30O2Si. The van der Waals surface area contributed by atoms with Crippen LogP contribution in [0.2, 0.25) is 5.04 Å². The Labute approximate surface area is 114 Å². The van der Waals surface area contributed by atoms with E-state index in [1.165, 1.54) is 51.4 Å². The van der Waals surface area contributed by atoms with Crippen LogP contribution in [-0.2, 0) is 8.85 Å². The molecule has 2 nitrogen and oxygen atoms in total. The van der Waals surface area contributed by atoms with Crippen LogP contribution in [0.15, 0.2) is 0 Å². The van der Waals surface area contributed by atoms with Gasteiger partial charge in [-0.05, 0) is 49.9 Å². The summed E-state index contributed by atoms with van der Waals surface area (Å²) < 4.78 is 11.6. The average Bonchev–Trinajstić information content (AvgIpc) is 2.81. The van der Waals surface area contributed by atoms with Crippen molar-refractivity contribution in [3.8, 4) is 0 Å². The van der Waals surface area contributed by atoms with E-state index in [1.807, 2.05) is 14.2 Å². The predicted molar refractivity (Wildman–Crippen MR) is 78.1 cm³/mol. The summed E-state index contributed by atoms with van der Waals surface area (Å²) in [6.07, 6.45) is 11.0.